The first-order valence-corrected chi connectivity index (χ1v) is 9.50. The number of halogens is 1. The van der Waals surface area contributed by atoms with Gasteiger partial charge in [0.2, 0.25) is 5.91 Å². The fourth-order valence-corrected chi connectivity index (χ4v) is 2.89. The van der Waals surface area contributed by atoms with Crippen LogP contribution in [-0.2, 0) is 17.9 Å². The van der Waals surface area contributed by atoms with Crippen molar-refractivity contribution in [3.05, 3.63) is 94.5 Å². The molecule has 142 valence electrons. The molecule has 7 heteroatoms. The number of carbonyl (C=O) groups excluding carboxylic acids is 2. The van der Waals surface area contributed by atoms with Crippen LogP contribution >= 0.6 is 15.9 Å². The van der Waals surface area contributed by atoms with Gasteiger partial charge in [0.15, 0.2) is 0 Å². The molecule has 0 saturated carbocycles. The average molecular weight is 439 g/mol. The molecule has 0 bridgehead atoms. The van der Waals surface area contributed by atoms with Gasteiger partial charge in [0, 0.05) is 47.9 Å². The second-order valence-corrected chi connectivity index (χ2v) is 7.07. The van der Waals surface area contributed by atoms with Crippen molar-refractivity contribution in [2.24, 2.45) is 0 Å². The SMILES string of the molecule is O=C(NCC(=O)N(Cc1ccncc1)Cc1cccnc1)c1ccc(Br)cc1. The third-order valence-corrected chi connectivity index (χ3v) is 4.61. The standard InChI is InChI=1S/C21H19BrN4O2/c22-19-5-3-18(4-6-19)21(28)25-13-20(27)26(14-16-7-10-23-11-8-16)15-17-2-1-9-24-12-17/h1-12H,13-15H2,(H,25,28). The number of amides is 2. The maximum Gasteiger partial charge on any atom is 0.251 e. The summed E-state index contributed by atoms with van der Waals surface area (Å²) in [5.74, 6) is -0.461. The predicted molar refractivity (Wildman–Crippen MR) is 109 cm³/mol. The molecule has 0 spiro atoms. The summed E-state index contributed by atoms with van der Waals surface area (Å²) in [5, 5.41) is 2.70. The fourth-order valence-electron chi connectivity index (χ4n) is 2.62. The molecule has 0 fully saturated rings. The smallest absolute Gasteiger partial charge is 0.251 e. The zero-order valence-corrected chi connectivity index (χ0v) is 16.7. The van der Waals surface area contributed by atoms with E-state index in [1.54, 1.807) is 54.0 Å². The van der Waals surface area contributed by atoms with Crippen LogP contribution in [0.15, 0.2) is 77.8 Å². The van der Waals surface area contributed by atoms with Crippen LogP contribution < -0.4 is 5.32 Å². The molecule has 0 radical (unpaired) electrons. The van der Waals surface area contributed by atoms with E-state index in [4.69, 9.17) is 0 Å². The van der Waals surface area contributed by atoms with Gasteiger partial charge in [0.1, 0.15) is 0 Å². The minimum absolute atomic E-state index is 0.0831. The zero-order valence-electron chi connectivity index (χ0n) is 15.1. The molecule has 2 amide bonds. The van der Waals surface area contributed by atoms with E-state index >= 15 is 0 Å². The highest BCUT2D eigenvalue weighted by atomic mass is 79.9. The van der Waals surface area contributed by atoms with Crippen molar-refractivity contribution in [3.63, 3.8) is 0 Å². The molecule has 2 heterocycles. The Hall–Kier alpha value is -3.06. The van der Waals surface area contributed by atoms with E-state index in [1.165, 1.54) is 0 Å². The summed E-state index contributed by atoms with van der Waals surface area (Å²) in [6.07, 6.45) is 6.80. The molecule has 2 aromatic heterocycles. The lowest BCUT2D eigenvalue weighted by atomic mass is 10.2. The predicted octanol–water partition coefficient (Wildman–Crippen LogP) is 3.20. The number of nitrogens with zero attached hydrogens (tertiary/aromatic N) is 3. The summed E-state index contributed by atoms with van der Waals surface area (Å²) in [6.45, 7) is 0.744. The lowest BCUT2D eigenvalue weighted by Gasteiger charge is -2.23. The summed E-state index contributed by atoms with van der Waals surface area (Å²) < 4.78 is 0.889. The van der Waals surface area contributed by atoms with Gasteiger partial charge in [-0.25, -0.2) is 0 Å². The normalized spacial score (nSPS) is 10.3. The number of nitrogens with one attached hydrogen (secondary N) is 1. The summed E-state index contributed by atoms with van der Waals surface area (Å²) in [6, 6.07) is 14.5. The summed E-state index contributed by atoms with van der Waals surface area (Å²) in [5.41, 5.74) is 2.39. The molecule has 6 nitrogen and oxygen atoms in total. The highest BCUT2D eigenvalue weighted by molar-refractivity contribution is 9.10. The highest BCUT2D eigenvalue weighted by Crippen LogP contribution is 2.11. The minimum atomic E-state index is -0.286. The van der Waals surface area contributed by atoms with Crippen LogP contribution in [0.3, 0.4) is 0 Å². The third-order valence-electron chi connectivity index (χ3n) is 4.08. The Kier molecular flexibility index (Phi) is 6.86. The number of hydrogen-bond donors (Lipinski definition) is 1. The summed E-state index contributed by atoms with van der Waals surface area (Å²) in [7, 11) is 0. The molecular weight excluding hydrogens is 420 g/mol. The average Bonchev–Trinajstić information content (AvgIpc) is 2.73. The van der Waals surface area contributed by atoms with E-state index in [2.05, 4.69) is 31.2 Å². The number of rotatable bonds is 7. The van der Waals surface area contributed by atoms with Crippen LogP contribution in [0, 0.1) is 0 Å². The number of hydrogen-bond acceptors (Lipinski definition) is 4. The van der Waals surface area contributed by atoms with Crippen LogP contribution in [0.25, 0.3) is 0 Å². The first-order chi connectivity index (χ1) is 13.6. The second-order valence-electron chi connectivity index (χ2n) is 6.16. The van der Waals surface area contributed by atoms with E-state index in [9.17, 15) is 9.59 Å². The summed E-state index contributed by atoms with van der Waals surface area (Å²) >= 11 is 3.34. The Morgan fingerprint density at radius 1 is 0.893 bits per heavy atom. The van der Waals surface area contributed by atoms with Gasteiger partial charge in [-0.15, -0.1) is 0 Å². The molecule has 1 N–H and O–H groups in total. The second kappa shape index (κ2) is 9.75. The van der Waals surface area contributed by atoms with Crippen molar-refractivity contribution in [2.45, 2.75) is 13.1 Å². The molecule has 0 aliphatic carbocycles. The Morgan fingerprint density at radius 3 is 2.29 bits per heavy atom. The van der Waals surface area contributed by atoms with Gasteiger partial charge in [0.25, 0.3) is 5.91 Å². The van der Waals surface area contributed by atoms with Crippen molar-refractivity contribution >= 4 is 27.7 Å². The molecular formula is C21H19BrN4O2. The van der Waals surface area contributed by atoms with Crippen molar-refractivity contribution in [1.82, 2.24) is 20.2 Å². The van der Waals surface area contributed by atoms with Gasteiger partial charge in [-0.2, -0.15) is 0 Å². The van der Waals surface area contributed by atoms with Crippen LogP contribution in [-0.4, -0.2) is 33.2 Å². The molecule has 1 aromatic carbocycles. The number of aromatic nitrogens is 2. The van der Waals surface area contributed by atoms with Crippen molar-refractivity contribution < 1.29 is 9.59 Å². The molecule has 0 atom stereocenters. The topological polar surface area (TPSA) is 75.2 Å². The van der Waals surface area contributed by atoms with E-state index in [1.807, 2.05) is 24.3 Å². The van der Waals surface area contributed by atoms with Crippen LogP contribution in [0.2, 0.25) is 0 Å². The Balaban J connectivity index is 1.66. The van der Waals surface area contributed by atoms with Gasteiger partial charge in [-0.1, -0.05) is 22.0 Å². The lowest BCUT2D eigenvalue weighted by Crippen LogP contribution is -2.39. The van der Waals surface area contributed by atoms with Gasteiger partial charge < -0.3 is 10.2 Å². The Labute approximate surface area is 171 Å². The number of carbonyl (C=O) groups is 2. The third kappa shape index (κ3) is 5.72. The van der Waals surface area contributed by atoms with Gasteiger partial charge in [-0.3, -0.25) is 19.6 Å². The van der Waals surface area contributed by atoms with E-state index < -0.39 is 0 Å². The minimum Gasteiger partial charge on any atom is -0.343 e. The van der Waals surface area contributed by atoms with Gasteiger partial charge in [0.05, 0.1) is 6.54 Å². The molecule has 0 aliphatic rings. The maximum absolute atomic E-state index is 12.8. The Morgan fingerprint density at radius 2 is 1.61 bits per heavy atom. The van der Waals surface area contributed by atoms with Crippen molar-refractivity contribution in [1.29, 1.82) is 0 Å². The highest BCUT2D eigenvalue weighted by Gasteiger charge is 2.16. The van der Waals surface area contributed by atoms with Crippen molar-refractivity contribution in [3.8, 4) is 0 Å². The van der Waals surface area contributed by atoms with Gasteiger partial charge in [-0.05, 0) is 53.6 Å². The molecule has 3 aromatic rings. The van der Waals surface area contributed by atoms with E-state index in [-0.39, 0.29) is 18.4 Å². The molecule has 0 unspecified atom stereocenters. The molecule has 28 heavy (non-hydrogen) atoms. The lowest BCUT2D eigenvalue weighted by molar-refractivity contribution is -0.131. The summed E-state index contributed by atoms with van der Waals surface area (Å²) in [4.78, 5) is 34.9. The quantitative estimate of drug-likeness (QED) is 0.614. The molecule has 3 rings (SSSR count). The zero-order chi connectivity index (χ0) is 19.8. The fraction of sp³-hybridized carbons (Fsp3) is 0.143. The van der Waals surface area contributed by atoms with E-state index in [0.29, 0.717) is 18.7 Å². The maximum atomic E-state index is 12.8. The largest absolute Gasteiger partial charge is 0.343 e. The number of pyridine rings is 2. The molecule has 0 aliphatic heterocycles. The first-order valence-electron chi connectivity index (χ1n) is 8.71. The van der Waals surface area contributed by atoms with Crippen molar-refractivity contribution in [2.75, 3.05) is 6.54 Å². The van der Waals surface area contributed by atoms with E-state index in [0.717, 1.165) is 15.6 Å². The molecule has 0 saturated heterocycles. The van der Waals surface area contributed by atoms with Crippen LogP contribution in [0.4, 0.5) is 0 Å². The number of benzene rings is 1. The monoisotopic (exact) mass is 438 g/mol. The first kappa shape index (κ1) is 19.7. The van der Waals surface area contributed by atoms with Crippen LogP contribution in [0.5, 0.6) is 0 Å². The van der Waals surface area contributed by atoms with Crippen LogP contribution in [0.1, 0.15) is 21.5 Å². The Bertz CT molecular complexity index is 877. The van der Waals surface area contributed by atoms with Gasteiger partial charge >= 0.3 is 0 Å².